The van der Waals surface area contributed by atoms with Crippen molar-refractivity contribution in [3.05, 3.63) is 35.7 Å². The number of aromatic nitrogens is 2. The highest BCUT2D eigenvalue weighted by atomic mass is 16.5. The average Bonchev–Trinajstić information content (AvgIpc) is 2.89. The number of hydrogen-bond donors (Lipinski definition) is 1. The zero-order chi connectivity index (χ0) is 13.0. The summed E-state index contributed by atoms with van der Waals surface area (Å²) in [4.78, 5) is 4.19. The summed E-state index contributed by atoms with van der Waals surface area (Å²) in [6.45, 7) is 0.326. The molecule has 0 fully saturated rings. The van der Waals surface area contributed by atoms with E-state index < -0.39 is 6.04 Å². The first-order valence-electron chi connectivity index (χ1n) is 5.33. The van der Waals surface area contributed by atoms with E-state index in [4.69, 9.17) is 20.3 Å². The molecule has 18 heavy (non-hydrogen) atoms. The number of hydrogen-bond acceptors (Lipinski definition) is 6. The molecule has 0 aliphatic heterocycles. The van der Waals surface area contributed by atoms with E-state index in [9.17, 15) is 0 Å². The van der Waals surface area contributed by atoms with E-state index in [0.717, 1.165) is 5.56 Å². The second-order valence-electron chi connectivity index (χ2n) is 3.71. The Morgan fingerprint density at radius 3 is 2.78 bits per heavy atom. The molecule has 0 bridgehead atoms. The SMILES string of the molecule is COCC(N)c1noc(-c2ccc(C#N)cc2)n1. The lowest BCUT2D eigenvalue weighted by Crippen LogP contribution is -2.17. The molecule has 0 saturated heterocycles. The van der Waals surface area contributed by atoms with Gasteiger partial charge in [0.05, 0.1) is 24.3 Å². The van der Waals surface area contributed by atoms with Crippen LogP contribution in [0.15, 0.2) is 28.8 Å². The Morgan fingerprint density at radius 1 is 1.44 bits per heavy atom. The summed E-state index contributed by atoms with van der Waals surface area (Å²) in [5.74, 6) is 0.775. The second-order valence-corrected chi connectivity index (χ2v) is 3.71. The molecule has 0 aliphatic carbocycles. The maximum atomic E-state index is 8.70. The molecular formula is C12H12N4O2. The number of rotatable bonds is 4. The molecule has 6 nitrogen and oxygen atoms in total. The molecule has 0 radical (unpaired) electrons. The predicted octanol–water partition coefficient (Wildman–Crippen LogP) is 1.25. The number of methoxy groups -OCH3 is 1. The van der Waals surface area contributed by atoms with Crippen molar-refractivity contribution in [3.63, 3.8) is 0 Å². The summed E-state index contributed by atoms with van der Waals surface area (Å²) < 4.78 is 10.0. The summed E-state index contributed by atoms with van der Waals surface area (Å²) in [5, 5.41) is 12.5. The first-order valence-corrected chi connectivity index (χ1v) is 5.33. The van der Waals surface area contributed by atoms with Gasteiger partial charge in [-0.2, -0.15) is 10.2 Å². The molecule has 1 aromatic carbocycles. The minimum absolute atomic E-state index is 0.326. The number of nitrogens with two attached hydrogens (primary N) is 1. The van der Waals surface area contributed by atoms with Crippen LogP contribution >= 0.6 is 0 Å². The van der Waals surface area contributed by atoms with Crippen LogP contribution in [-0.4, -0.2) is 23.9 Å². The molecule has 1 atom stereocenters. The zero-order valence-corrected chi connectivity index (χ0v) is 9.83. The molecule has 0 spiro atoms. The average molecular weight is 244 g/mol. The van der Waals surface area contributed by atoms with E-state index in [-0.39, 0.29) is 0 Å². The van der Waals surface area contributed by atoms with Crippen molar-refractivity contribution in [2.24, 2.45) is 5.73 Å². The molecule has 2 rings (SSSR count). The van der Waals surface area contributed by atoms with Crippen molar-refractivity contribution < 1.29 is 9.26 Å². The molecule has 0 amide bonds. The minimum Gasteiger partial charge on any atom is -0.383 e. The Bertz CT molecular complexity index is 556. The van der Waals surface area contributed by atoms with Gasteiger partial charge in [-0.25, -0.2) is 0 Å². The smallest absolute Gasteiger partial charge is 0.257 e. The van der Waals surface area contributed by atoms with Crippen molar-refractivity contribution in [1.29, 1.82) is 5.26 Å². The minimum atomic E-state index is -0.411. The van der Waals surface area contributed by atoms with Crippen LogP contribution in [0.25, 0.3) is 11.5 Å². The maximum absolute atomic E-state index is 8.70. The van der Waals surface area contributed by atoms with E-state index in [1.54, 1.807) is 31.4 Å². The number of nitriles is 1. The van der Waals surface area contributed by atoms with E-state index in [0.29, 0.717) is 23.9 Å². The third-order valence-corrected chi connectivity index (χ3v) is 2.38. The van der Waals surface area contributed by atoms with Gasteiger partial charge in [0, 0.05) is 12.7 Å². The van der Waals surface area contributed by atoms with Gasteiger partial charge in [-0.3, -0.25) is 0 Å². The van der Waals surface area contributed by atoms with Crippen molar-refractivity contribution >= 4 is 0 Å². The molecule has 2 N–H and O–H groups in total. The van der Waals surface area contributed by atoms with Gasteiger partial charge < -0.3 is 15.0 Å². The zero-order valence-electron chi connectivity index (χ0n) is 9.83. The highest BCUT2D eigenvalue weighted by Crippen LogP contribution is 2.19. The Hall–Kier alpha value is -2.23. The monoisotopic (exact) mass is 244 g/mol. The maximum Gasteiger partial charge on any atom is 0.257 e. The Balaban J connectivity index is 2.21. The van der Waals surface area contributed by atoms with Crippen LogP contribution in [0.1, 0.15) is 17.4 Å². The van der Waals surface area contributed by atoms with Gasteiger partial charge in [0.15, 0.2) is 5.82 Å². The third-order valence-electron chi connectivity index (χ3n) is 2.38. The van der Waals surface area contributed by atoms with E-state index in [2.05, 4.69) is 10.1 Å². The molecule has 92 valence electrons. The molecular weight excluding hydrogens is 232 g/mol. The summed E-state index contributed by atoms with van der Waals surface area (Å²) in [7, 11) is 1.56. The lowest BCUT2D eigenvalue weighted by Gasteiger charge is -2.03. The van der Waals surface area contributed by atoms with E-state index in [1.165, 1.54) is 0 Å². The first kappa shape index (κ1) is 12.2. The molecule has 2 aromatic rings. The largest absolute Gasteiger partial charge is 0.383 e. The highest BCUT2D eigenvalue weighted by molar-refractivity contribution is 5.54. The molecule has 1 unspecified atom stereocenters. The van der Waals surface area contributed by atoms with E-state index >= 15 is 0 Å². The molecule has 1 heterocycles. The van der Waals surface area contributed by atoms with Crippen molar-refractivity contribution in [2.45, 2.75) is 6.04 Å². The summed E-state index contributed by atoms with van der Waals surface area (Å²) in [6, 6.07) is 8.50. The fourth-order valence-electron chi connectivity index (χ4n) is 1.44. The molecule has 6 heteroatoms. The third kappa shape index (κ3) is 2.53. The summed E-state index contributed by atoms with van der Waals surface area (Å²) in [5.41, 5.74) is 7.12. The normalized spacial score (nSPS) is 12.1. The van der Waals surface area contributed by atoms with Crippen LogP contribution in [0, 0.1) is 11.3 Å². The quantitative estimate of drug-likeness (QED) is 0.869. The Kier molecular flexibility index (Phi) is 3.67. The molecule has 1 aromatic heterocycles. The lowest BCUT2D eigenvalue weighted by molar-refractivity contribution is 0.177. The standard InChI is InChI=1S/C12H12N4O2/c1-17-7-10(14)11-15-12(18-16-11)9-4-2-8(6-13)3-5-9/h2-5,10H,7,14H2,1H3. The number of ether oxygens (including phenoxy) is 1. The van der Waals surface area contributed by atoms with Gasteiger partial charge >= 0.3 is 0 Å². The second kappa shape index (κ2) is 5.40. The van der Waals surface area contributed by atoms with Gasteiger partial charge in [0.2, 0.25) is 0 Å². The van der Waals surface area contributed by atoms with Crippen LogP contribution < -0.4 is 5.73 Å². The van der Waals surface area contributed by atoms with Gasteiger partial charge in [-0.05, 0) is 24.3 Å². The summed E-state index contributed by atoms with van der Waals surface area (Å²) >= 11 is 0. The Morgan fingerprint density at radius 2 is 2.17 bits per heavy atom. The topological polar surface area (TPSA) is 98.0 Å². The molecule has 0 saturated carbocycles. The van der Waals surface area contributed by atoms with E-state index in [1.807, 2.05) is 6.07 Å². The van der Waals surface area contributed by atoms with Gasteiger partial charge in [-0.1, -0.05) is 5.16 Å². The van der Waals surface area contributed by atoms with Crippen LogP contribution in [0.3, 0.4) is 0 Å². The van der Waals surface area contributed by atoms with Crippen molar-refractivity contribution in [2.75, 3.05) is 13.7 Å². The van der Waals surface area contributed by atoms with Crippen LogP contribution in [-0.2, 0) is 4.74 Å². The fourth-order valence-corrected chi connectivity index (χ4v) is 1.44. The van der Waals surface area contributed by atoms with Gasteiger partial charge in [0.1, 0.15) is 0 Å². The highest BCUT2D eigenvalue weighted by Gasteiger charge is 2.14. The molecule has 0 aliphatic rings. The fraction of sp³-hybridized carbons (Fsp3) is 0.250. The van der Waals surface area contributed by atoms with Crippen molar-refractivity contribution in [1.82, 2.24) is 10.1 Å². The van der Waals surface area contributed by atoms with Crippen LogP contribution in [0.4, 0.5) is 0 Å². The predicted molar refractivity (Wildman–Crippen MR) is 63.3 cm³/mol. The Labute approximate surface area is 104 Å². The van der Waals surface area contributed by atoms with Crippen LogP contribution in [0.5, 0.6) is 0 Å². The van der Waals surface area contributed by atoms with Gasteiger partial charge in [0.25, 0.3) is 5.89 Å². The lowest BCUT2D eigenvalue weighted by atomic mass is 10.1. The van der Waals surface area contributed by atoms with Crippen molar-refractivity contribution in [3.8, 4) is 17.5 Å². The number of benzene rings is 1. The summed E-state index contributed by atoms with van der Waals surface area (Å²) in [6.07, 6.45) is 0. The number of nitrogens with zero attached hydrogens (tertiary/aromatic N) is 3. The first-order chi connectivity index (χ1) is 8.74. The van der Waals surface area contributed by atoms with Crippen LogP contribution in [0.2, 0.25) is 0 Å². The van der Waals surface area contributed by atoms with Gasteiger partial charge in [-0.15, -0.1) is 0 Å².